The zero-order chi connectivity index (χ0) is 18.1. The van der Waals surface area contributed by atoms with Crippen LogP contribution in [0.4, 0.5) is 10.1 Å². The zero-order valence-electron chi connectivity index (χ0n) is 14.8. The highest BCUT2D eigenvalue weighted by Gasteiger charge is 2.51. The van der Waals surface area contributed by atoms with Crippen LogP contribution in [0.2, 0.25) is 0 Å². The molecule has 2 unspecified atom stereocenters. The molecular formula is C19H24FN3O3. The Labute approximate surface area is 152 Å². The van der Waals surface area contributed by atoms with Crippen LogP contribution in [0.3, 0.4) is 0 Å². The average Bonchev–Trinajstić information content (AvgIpc) is 3.49. The molecule has 26 heavy (non-hydrogen) atoms. The SMILES string of the molecule is O=C(C1CC1C(=O)N1CCN(c2ccc(F)cc2)CC1)N1CCOCC1. The van der Waals surface area contributed by atoms with Crippen molar-refractivity contribution < 1.29 is 18.7 Å². The van der Waals surface area contributed by atoms with E-state index in [-0.39, 0.29) is 29.5 Å². The highest BCUT2D eigenvalue weighted by atomic mass is 19.1. The third-order valence-electron chi connectivity index (χ3n) is 5.53. The fraction of sp³-hybridized carbons (Fsp3) is 0.579. The average molecular weight is 361 g/mol. The molecule has 1 aliphatic carbocycles. The summed E-state index contributed by atoms with van der Waals surface area (Å²) < 4.78 is 18.3. The predicted molar refractivity (Wildman–Crippen MR) is 94.2 cm³/mol. The van der Waals surface area contributed by atoms with E-state index in [0.29, 0.717) is 45.8 Å². The number of benzene rings is 1. The normalized spacial score (nSPS) is 26.0. The second kappa shape index (κ2) is 7.23. The van der Waals surface area contributed by atoms with E-state index in [2.05, 4.69) is 4.90 Å². The summed E-state index contributed by atoms with van der Waals surface area (Å²) in [7, 11) is 0. The number of anilines is 1. The van der Waals surface area contributed by atoms with E-state index in [4.69, 9.17) is 4.74 Å². The highest BCUT2D eigenvalue weighted by Crippen LogP contribution is 2.41. The molecule has 7 heteroatoms. The summed E-state index contributed by atoms with van der Waals surface area (Å²) in [6, 6.07) is 6.45. The number of morpholine rings is 1. The van der Waals surface area contributed by atoms with Gasteiger partial charge < -0.3 is 19.4 Å². The van der Waals surface area contributed by atoms with Crippen molar-refractivity contribution in [3.05, 3.63) is 30.1 Å². The number of ether oxygens (including phenoxy) is 1. The minimum atomic E-state index is -0.243. The Morgan fingerprint density at radius 1 is 0.846 bits per heavy atom. The van der Waals surface area contributed by atoms with Crippen LogP contribution in [-0.2, 0) is 14.3 Å². The van der Waals surface area contributed by atoms with Gasteiger partial charge in [-0.25, -0.2) is 4.39 Å². The van der Waals surface area contributed by atoms with Gasteiger partial charge in [-0.05, 0) is 30.7 Å². The van der Waals surface area contributed by atoms with E-state index in [1.54, 1.807) is 12.1 Å². The fourth-order valence-electron chi connectivity index (χ4n) is 3.83. The van der Waals surface area contributed by atoms with E-state index in [9.17, 15) is 14.0 Å². The van der Waals surface area contributed by atoms with E-state index in [1.807, 2.05) is 9.80 Å². The maximum Gasteiger partial charge on any atom is 0.226 e. The number of hydrogen-bond donors (Lipinski definition) is 0. The summed E-state index contributed by atoms with van der Waals surface area (Å²) in [6.45, 7) is 5.18. The molecule has 4 rings (SSSR count). The number of amides is 2. The molecule has 1 saturated carbocycles. The Morgan fingerprint density at radius 3 is 1.96 bits per heavy atom. The first-order valence-electron chi connectivity index (χ1n) is 9.29. The van der Waals surface area contributed by atoms with Crippen molar-refractivity contribution in [1.82, 2.24) is 9.80 Å². The van der Waals surface area contributed by atoms with Crippen LogP contribution in [0.5, 0.6) is 0 Å². The van der Waals surface area contributed by atoms with Crippen molar-refractivity contribution in [3.63, 3.8) is 0 Å². The third kappa shape index (κ3) is 3.53. The summed E-state index contributed by atoms with van der Waals surface area (Å²) in [5.41, 5.74) is 0.977. The molecule has 0 bridgehead atoms. The monoisotopic (exact) mass is 361 g/mol. The quantitative estimate of drug-likeness (QED) is 0.805. The van der Waals surface area contributed by atoms with Crippen LogP contribution >= 0.6 is 0 Å². The lowest BCUT2D eigenvalue weighted by molar-refractivity contribution is -0.140. The smallest absolute Gasteiger partial charge is 0.226 e. The largest absolute Gasteiger partial charge is 0.378 e. The van der Waals surface area contributed by atoms with Crippen molar-refractivity contribution in [2.75, 3.05) is 57.4 Å². The molecule has 3 fully saturated rings. The molecule has 140 valence electrons. The van der Waals surface area contributed by atoms with Crippen LogP contribution in [0.25, 0.3) is 0 Å². The highest BCUT2D eigenvalue weighted by molar-refractivity contribution is 5.92. The molecule has 0 spiro atoms. The Bertz CT molecular complexity index is 667. The predicted octanol–water partition coefficient (Wildman–Crippen LogP) is 0.969. The van der Waals surface area contributed by atoms with Gasteiger partial charge in [0.2, 0.25) is 11.8 Å². The van der Waals surface area contributed by atoms with Crippen LogP contribution < -0.4 is 4.90 Å². The molecule has 0 aromatic heterocycles. The summed E-state index contributed by atoms with van der Waals surface area (Å²) in [5.74, 6) is -0.322. The Hall–Kier alpha value is -2.15. The lowest BCUT2D eigenvalue weighted by Gasteiger charge is -2.36. The van der Waals surface area contributed by atoms with Crippen LogP contribution in [0.1, 0.15) is 6.42 Å². The summed E-state index contributed by atoms with van der Waals surface area (Å²) in [6.07, 6.45) is 0.674. The summed E-state index contributed by atoms with van der Waals surface area (Å²) in [5, 5.41) is 0. The van der Waals surface area contributed by atoms with Gasteiger partial charge in [-0.2, -0.15) is 0 Å². The van der Waals surface area contributed by atoms with Crippen molar-refractivity contribution in [2.45, 2.75) is 6.42 Å². The molecule has 3 aliphatic rings. The molecule has 0 radical (unpaired) electrons. The zero-order valence-corrected chi connectivity index (χ0v) is 14.8. The van der Waals surface area contributed by atoms with Crippen LogP contribution in [0, 0.1) is 17.7 Å². The van der Waals surface area contributed by atoms with E-state index in [0.717, 1.165) is 18.8 Å². The van der Waals surface area contributed by atoms with Crippen molar-refractivity contribution in [3.8, 4) is 0 Å². The minimum Gasteiger partial charge on any atom is -0.378 e. The van der Waals surface area contributed by atoms with Crippen molar-refractivity contribution in [1.29, 1.82) is 0 Å². The lowest BCUT2D eigenvalue weighted by Crippen LogP contribution is -2.49. The van der Waals surface area contributed by atoms with Crippen LogP contribution in [0.15, 0.2) is 24.3 Å². The first-order chi connectivity index (χ1) is 12.6. The molecule has 6 nitrogen and oxygen atoms in total. The minimum absolute atomic E-state index is 0.107. The molecule has 2 saturated heterocycles. The standard InChI is InChI=1S/C19H24FN3O3/c20-14-1-3-15(4-2-14)21-5-7-22(8-6-21)18(24)16-13-17(16)19(25)23-9-11-26-12-10-23/h1-4,16-17H,5-13H2. The second-order valence-corrected chi connectivity index (χ2v) is 7.18. The lowest BCUT2D eigenvalue weighted by atomic mass is 10.2. The van der Waals surface area contributed by atoms with Crippen LogP contribution in [-0.4, -0.2) is 74.1 Å². The second-order valence-electron chi connectivity index (χ2n) is 7.18. The van der Waals surface area contributed by atoms with Gasteiger partial charge in [0.25, 0.3) is 0 Å². The summed E-state index contributed by atoms with van der Waals surface area (Å²) >= 11 is 0. The van der Waals surface area contributed by atoms with Gasteiger partial charge in [-0.3, -0.25) is 9.59 Å². The molecular weight excluding hydrogens is 337 g/mol. The number of carbonyl (C=O) groups excluding carboxylic acids is 2. The van der Waals surface area contributed by atoms with Crippen molar-refractivity contribution >= 4 is 17.5 Å². The van der Waals surface area contributed by atoms with Gasteiger partial charge in [0.05, 0.1) is 25.0 Å². The summed E-state index contributed by atoms with van der Waals surface area (Å²) in [4.78, 5) is 31.1. The fourth-order valence-corrected chi connectivity index (χ4v) is 3.83. The van der Waals surface area contributed by atoms with Gasteiger partial charge in [-0.15, -0.1) is 0 Å². The number of nitrogens with zero attached hydrogens (tertiary/aromatic N) is 3. The third-order valence-corrected chi connectivity index (χ3v) is 5.53. The Kier molecular flexibility index (Phi) is 4.80. The first kappa shape index (κ1) is 17.3. The number of hydrogen-bond acceptors (Lipinski definition) is 4. The number of piperazine rings is 1. The molecule has 1 aromatic rings. The molecule has 2 aliphatic heterocycles. The van der Waals surface area contributed by atoms with E-state index >= 15 is 0 Å². The Morgan fingerprint density at radius 2 is 1.38 bits per heavy atom. The topological polar surface area (TPSA) is 53.1 Å². The van der Waals surface area contributed by atoms with Gasteiger partial charge >= 0.3 is 0 Å². The molecule has 2 heterocycles. The number of halogens is 1. The maximum absolute atomic E-state index is 13.0. The molecule has 1 aromatic carbocycles. The van der Waals surface area contributed by atoms with Gasteiger partial charge in [0, 0.05) is 45.0 Å². The number of carbonyl (C=O) groups is 2. The van der Waals surface area contributed by atoms with E-state index < -0.39 is 0 Å². The van der Waals surface area contributed by atoms with Gasteiger partial charge in [0.1, 0.15) is 5.82 Å². The molecule has 2 amide bonds. The van der Waals surface area contributed by atoms with E-state index in [1.165, 1.54) is 12.1 Å². The van der Waals surface area contributed by atoms with Crippen molar-refractivity contribution in [2.24, 2.45) is 11.8 Å². The number of rotatable bonds is 3. The molecule has 2 atom stereocenters. The molecule has 0 N–H and O–H groups in total. The van der Waals surface area contributed by atoms with Gasteiger partial charge in [0.15, 0.2) is 0 Å². The Balaban J connectivity index is 1.28. The van der Waals surface area contributed by atoms with Gasteiger partial charge in [-0.1, -0.05) is 0 Å². The first-order valence-corrected chi connectivity index (χ1v) is 9.29. The maximum atomic E-state index is 13.0.